The van der Waals surface area contributed by atoms with E-state index in [9.17, 15) is 0 Å². The van der Waals surface area contributed by atoms with Crippen LogP contribution in [0.2, 0.25) is 0 Å². The van der Waals surface area contributed by atoms with Crippen molar-refractivity contribution in [2.75, 3.05) is 0 Å². The van der Waals surface area contributed by atoms with Crippen molar-refractivity contribution in [2.24, 2.45) is 16.2 Å². The predicted molar refractivity (Wildman–Crippen MR) is 108 cm³/mol. The smallest absolute Gasteiger partial charge is 0.0221 e. The Kier molecular flexibility index (Phi) is 10.8. The van der Waals surface area contributed by atoms with Gasteiger partial charge in [-0.25, -0.2) is 0 Å². The van der Waals surface area contributed by atoms with Crippen molar-refractivity contribution >= 4 is 0 Å². The third-order valence-electron chi connectivity index (χ3n) is 7.37. The van der Waals surface area contributed by atoms with Gasteiger partial charge in [-0.3, -0.25) is 0 Å². The Balaban J connectivity index is 5.38. The topological polar surface area (TPSA) is 0 Å². The minimum atomic E-state index is 0.438. The molecule has 2 unspecified atom stereocenters. The molecule has 0 bridgehead atoms. The van der Waals surface area contributed by atoms with Crippen molar-refractivity contribution < 1.29 is 0 Å². The average molecular weight is 325 g/mol. The van der Waals surface area contributed by atoms with Gasteiger partial charge in [-0.15, -0.1) is 0 Å². The summed E-state index contributed by atoms with van der Waals surface area (Å²) in [4.78, 5) is 0. The van der Waals surface area contributed by atoms with Crippen LogP contribution in [0.5, 0.6) is 0 Å². The molecule has 23 heavy (non-hydrogen) atoms. The largest absolute Gasteiger partial charge is 0.0654 e. The summed E-state index contributed by atoms with van der Waals surface area (Å²) >= 11 is 0. The van der Waals surface area contributed by atoms with E-state index in [1.54, 1.807) is 0 Å². The Labute approximate surface area is 149 Å². The Morgan fingerprint density at radius 3 is 1.52 bits per heavy atom. The van der Waals surface area contributed by atoms with Crippen LogP contribution in [0.3, 0.4) is 0 Å². The van der Waals surface area contributed by atoms with Crippen molar-refractivity contribution in [3.8, 4) is 0 Å². The van der Waals surface area contributed by atoms with E-state index in [1.165, 1.54) is 77.0 Å². The molecule has 0 aliphatic rings. The van der Waals surface area contributed by atoms with E-state index in [1.807, 2.05) is 0 Å². The average Bonchev–Trinajstić information content (AvgIpc) is 2.54. The molecule has 0 radical (unpaired) electrons. The predicted octanol–water partition coefficient (Wildman–Crippen LogP) is 8.79. The molecule has 140 valence electrons. The molecule has 0 heteroatoms. The van der Waals surface area contributed by atoms with Gasteiger partial charge in [-0.2, -0.15) is 0 Å². The van der Waals surface area contributed by atoms with Gasteiger partial charge in [0.1, 0.15) is 0 Å². The fourth-order valence-corrected chi connectivity index (χ4v) is 4.67. The number of hydrogen-bond acceptors (Lipinski definition) is 0. The lowest BCUT2D eigenvalue weighted by atomic mass is 9.48. The Hall–Kier alpha value is 0. The molecule has 0 nitrogen and oxygen atoms in total. The van der Waals surface area contributed by atoms with E-state index in [4.69, 9.17) is 0 Å². The van der Waals surface area contributed by atoms with Crippen LogP contribution in [0.4, 0.5) is 0 Å². The van der Waals surface area contributed by atoms with Crippen molar-refractivity contribution in [3.63, 3.8) is 0 Å². The monoisotopic (exact) mass is 324 g/mol. The van der Waals surface area contributed by atoms with E-state index < -0.39 is 0 Å². The Bertz CT molecular complexity index is 290. The first-order valence-corrected chi connectivity index (χ1v) is 10.7. The van der Waals surface area contributed by atoms with Gasteiger partial charge in [0.2, 0.25) is 0 Å². The summed E-state index contributed by atoms with van der Waals surface area (Å²) in [5.41, 5.74) is 1.37. The van der Waals surface area contributed by atoms with Crippen LogP contribution >= 0.6 is 0 Å². The third-order valence-corrected chi connectivity index (χ3v) is 7.37. The van der Waals surface area contributed by atoms with Crippen LogP contribution in [-0.2, 0) is 0 Å². The normalized spacial score (nSPS) is 17.7. The molecular weight excluding hydrogens is 276 g/mol. The molecule has 0 amide bonds. The lowest BCUT2D eigenvalue weighted by Crippen LogP contribution is -2.48. The van der Waals surface area contributed by atoms with E-state index >= 15 is 0 Å². The summed E-state index contributed by atoms with van der Waals surface area (Å²) in [6, 6.07) is 0. The molecule has 0 saturated carbocycles. The van der Waals surface area contributed by atoms with Gasteiger partial charge in [0.15, 0.2) is 0 Å². The number of hydrogen-bond donors (Lipinski definition) is 0. The lowest BCUT2D eigenvalue weighted by molar-refractivity contribution is -0.0712. The van der Waals surface area contributed by atoms with Crippen LogP contribution in [-0.4, -0.2) is 0 Å². The Morgan fingerprint density at radius 2 is 1.04 bits per heavy atom. The highest BCUT2D eigenvalue weighted by Gasteiger charge is 2.51. The maximum atomic E-state index is 2.65. The summed E-state index contributed by atoms with van der Waals surface area (Å²) in [6.45, 7) is 19.8. The second kappa shape index (κ2) is 10.8. The van der Waals surface area contributed by atoms with Crippen molar-refractivity contribution in [1.82, 2.24) is 0 Å². The minimum absolute atomic E-state index is 0.438. The second-order valence-electron chi connectivity index (χ2n) is 9.15. The zero-order chi connectivity index (χ0) is 18.0. The van der Waals surface area contributed by atoms with Crippen LogP contribution in [0.15, 0.2) is 0 Å². The van der Waals surface area contributed by atoms with Gasteiger partial charge >= 0.3 is 0 Å². The first-order valence-electron chi connectivity index (χ1n) is 10.7. The standard InChI is InChI=1S/C23H48/c1-9-13-16-17-20-23(8,21(5,6)18-14-10-2)22(7,12-4)19-15-11-3/h9-20H2,1-8H3. The molecule has 0 aromatic carbocycles. The summed E-state index contributed by atoms with van der Waals surface area (Å²) in [5.74, 6) is 0. The number of unbranched alkanes of at least 4 members (excludes halogenated alkanes) is 5. The van der Waals surface area contributed by atoms with Crippen molar-refractivity contribution in [3.05, 3.63) is 0 Å². The molecular formula is C23H48. The number of rotatable bonds is 14. The summed E-state index contributed by atoms with van der Waals surface area (Å²) in [6.07, 6.45) is 16.5. The quantitative estimate of drug-likeness (QED) is 0.280. The molecule has 0 spiro atoms. The van der Waals surface area contributed by atoms with Crippen LogP contribution in [0, 0.1) is 16.2 Å². The van der Waals surface area contributed by atoms with E-state index in [0.29, 0.717) is 16.2 Å². The van der Waals surface area contributed by atoms with Gasteiger partial charge in [-0.1, -0.05) is 113 Å². The highest BCUT2D eigenvalue weighted by Crippen LogP contribution is 2.60. The molecule has 0 aromatic rings. The van der Waals surface area contributed by atoms with Gasteiger partial charge < -0.3 is 0 Å². The first-order chi connectivity index (χ1) is 10.7. The molecule has 0 aliphatic carbocycles. The molecule has 0 rings (SSSR count). The fraction of sp³-hybridized carbons (Fsp3) is 1.00. The third kappa shape index (κ3) is 6.09. The minimum Gasteiger partial charge on any atom is -0.0654 e. The molecule has 0 aromatic heterocycles. The van der Waals surface area contributed by atoms with Crippen molar-refractivity contribution in [2.45, 2.75) is 132 Å². The van der Waals surface area contributed by atoms with Gasteiger partial charge in [0, 0.05) is 0 Å². The summed E-state index contributed by atoms with van der Waals surface area (Å²) in [5, 5.41) is 0. The van der Waals surface area contributed by atoms with Crippen LogP contribution in [0.1, 0.15) is 132 Å². The van der Waals surface area contributed by atoms with E-state index in [0.717, 1.165) is 0 Å². The fourth-order valence-electron chi connectivity index (χ4n) is 4.67. The highest BCUT2D eigenvalue weighted by molar-refractivity contribution is 5.00. The SMILES string of the molecule is CCCCCCC(C)(C(C)(C)CCCC)C(C)(CC)CCCC. The highest BCUT2D eigenvalue weighted by atomic mass is 14.6. The maximum Gasteiger partial charge on any atom is -0.0221 e. The molecule has 0 fully saturated rings. The second-order valence-corrected chi connectivity index (χ2v) is 9.15. The summed E-state index contributed by atoms with van der Waals surface area (Å²) in [7, 11) is 0. The molecule has 0 heterocycles. The van der Waals surface area contributed by atoms with Gasteiger partial charge in [-0.05, 0) is 35.5 Å². The Morgan fingerprint density at radius 1 is 0.522 bits per heavy atom. The van der Waals surface area contributed by atoms with Crippen LogP contribution in [0.25, 0.3) is 0 Å². The van der Waals surface area contributed by atoms with E-state index in [-0.39, 0.29) is 0 Å². The van der Waals surface area contributed by atoms with Crippen molar-refractivity contribution in [1.29, 1.82) is 0 Å². The first kappa shape index (κ1) is 23.0. The zero-order valence-electron chi connectivity index (χ0n) is 18.0. The van der Waals surface area contributed by atoms with E-state index in [2.05, 4.69) is 55.4 Å². The zero-order valence-corrected chi connectivity index (χ0v) is 18.0. The maximum absolute atomic E-state index is 2.65. The molecule has 0 saturated heterocycles. The van der Waals surface area contributed by atoms with Gasteiger partial charge in [0.05, 0.1) is 0 Å². The molecule has 0 aliphatic heterocycles. The van der Waals surface area contributed by atoms with Gasteiger partial charge in [0.25, 0.3) is 0 Å². The summed E-state index contributed by atoms with van der Waals surface area (Å²) < 4.78 is 0. The lowest BCUT2D eigenvalue weighted by Gasteiger charge is -2.57. The van der Waals surface area contributed by atoms with Crippen LogP contribution < -0.4 is 0 Å². The molecule has 0 N–H and O–H groups in total. The molecule has 2 atom stereocenters.